The number of ether oxygens (including phenoxy) is 1. The Bertz CT molecular complexity index is 804. The van der Waals surface area contributed by atoms with E-state index in [0.717, 1.165) is 35.9 Å². The second-order valence-corrected chi connectivity index (χ2v) is 8.93. The first-order chi connectivity index (χ1) is 14.4. The summed E-state index contributed by atoms with van der Waals surface area (Å²) < 4.78 is 5.80. The molecule has 0 amide bonds. The lowest BCUT2D eigenvalue weighted by molar-refractivity contribution is -0.00546. The van der Waals surface area contributed by atoms with Crippen molar-refractivity contribution in [2.45, 2.75) is 52.0 Å². The van der Waals surface area contributed by atoms with Crippen LogP contribution in [0.3, 0.4) is 0 Å². The summed E-state index contributed by atoms with van der Waals surface area (Å²) in [4.78, 5) is 12.5. The lowest BCUT2D eigenvalue weighted by Gasteiger charge is -2.36. The summed E-state index contributed by atoms with van der Waals surface area (Å²) in [5.41, 5.74) is 0.0929. The van der Waals surface area contributed by atoms with E-state index in [1.165, 1.54) is 0 Å². The van der Waals surface area contributed by atoms with Crippen LogP contribution in [0.4, 0.5) is 5.82 Å². The van der Waals surface area contributed by atoms with Gasteiger partial charge in [0.25, 0.3) is 0 Å². The van der Waals surface area contributed by atoms with Crippen molar-refractivity contribution in [1.29, 1.82) is 0 Å². The van der Waals surface area contributed by atoms with Crippen LogP contribution in [0.1, 0.15) is 38.1 Å². The van der Waals surface area contributed by atoms with Crippen LogP contribution in [0.15, 0.2) is 40.8 Å². The standard InChI is InChI=1S/C22H33N5O2S.HI/c1-5-23-21(26-15-22(4,28)19-7-6-10-30-19)25-12-18-8-9-20(24-11-18)27-13-16(2)29-17(3)14-27;/h6-11,16-17,28H,5,12-15H2,1-4H3,(H2,23,25,26);1H. The first-order valence-corrected chi connectivity index (χ1v) is 11.4. The van der Waals surface area contributed by atoms with Crippen LogP contribution in [0.5, 0.6) is 0 Å². The number of aliphatic imine (C=N–C) groups is 1. The lowest BCUT2D eigenvalue weighted by Crippen LogP contribution is -2.45. The Morgan fingerprint density at radius 3 is 2.61 bits per heavy atom. The molecule has 2 aromatic rings. The molecule has 3 rings (SSSR count). The largest absolute Gasteiger partial charge is 0.383 e. The van der Waals surface area contributed by atoms with Crippen LogP contribution in [0.2, 0.25) is 0 Å². The van der Waals surface area contributed by atoms with E-state index in [4.69, 9.17) is 4.74 Å². The average molecular weight is 560 g/mol. The molecule has 1 aliphatic rings. The number of nitrogens with zero attached hydrogens (tertiary/aromatic N) is 3. The van der Waals surface area contributed by atoms with Crippen molar-refractivity contribution in [3.63, 3.8) is 0 Å². The monoisotopic (exact) mass is 559 g/mol. The van der Waals surface area contributed by atoms with Crippen LogP contribution in [-0.2, 0) is 16.9 Å². The number of hydrogen-bond acceptors (Lipinski definition) is 6. The fourth-order valence-electron chi connectivity index (χ4n) is 3.50. The highest BCUT2D eigenvalue weighted by atomic mass is 127. The van der Waals surface area contributed by atoms with Gasteiger partial charge in [-0.2, -0.15) is 0 Å². The number of halogens is 1. The van der Waals surface area contributed by atoms with Gasteiger partial charge in [0.05, 0.1) is 25.3 Å². The highest BCUT2D eigenvalue weighted by molar-refractivity contribution is 14.0. The molecule has 0 aromatic carbocycles. The van der Waals surface area contributed by atoms with E-state index < -0.39 is 5.60 Å². The van der Waals surface area contributed by atoms with E-state index >= 15 is 0 Å². The topological polar surface area (TPSA) is 82.0 Å². The van der Waals surface area contributed by atoms with E-state index in [1.54, 1.807) is 11.3 Å². The second-order valence-electron chi connectivity index (χ2n) is 7.99. The highest BCUT2D eigenvalue weighted by Gasteiger charge is 2.25. The number of guanidine groups is 1. The minimum atomic E-state index is -0.944. The number of morpholine rings is 1. The Labute approximate surface area is 206 Å². The molecule has 31 heavy (non-hydrogen) atoms. The molecule has 3 heterocycles. The average Bonchev–Trinajstić information content (AvgIpc) is 3.26. The first kappa shape index (κ1) is 25.8. The van der Waals surface area contributed by atoms with Gasteiger partial charge in [0, 0.05) is 30.7 Å². The third-order valence-corrected chi connectivity index (χ3v) is 6.09. The molecule has 1 aliphatic heterocycles. The Kier molecular flexibility index (Phi) is 9.98. The van der Waals surface area contributed by atoms with Crippen molar-refractivity contribution < 1.29 is 9.84 Å². The molecule has 7 nitrogen and oxygen atoms in total. The van der Waals surface area contributed by atoms with E-state index in [1.807, 2.05) is 37.6 Å². The molecule has 1 fully saturated rings. The number of rotatable bonds is 7. The summed E-state index contributed by atoms with van der Waals surface area (Å²) >= 11 is 1.55. The number of aromatic nitrogens is 1. The van der Waals surface area contributed by atoms with Crippen LogP contribution < -0.4 is 15.5 Å². The maximum absolute atomic E-state index is 10.7. The molecule has 0 bridgehead atoms. The number of thiophene rings is 1. The maximum Gasteiger partial charge on any atom is 0.191 e. The van der Waals surface area contributed by atoms with Gasteiger partial charge in [-0.1, -0.05) is 12.1 Å². The molecule has 172 valence electrons. The Balaban J connectivity index is 0.00000341. The van der Waals surface area contributed by atoms with Gasteiger partial charge in [0.2, 0.25) is 0 Å². The molecule has 0 spiro atoms. The molecule has 3 unspecified atom stereocenters. The second kappa shape index (κ2) is 12.0. The number of hydrogen-bond donors (Lipinski definition) is 3. The molecule has 0 radical (unpaired) electrons. The zero-order valence-electron chi connectivity index (χ0n) is 18.7. The third-order valence-electron chi connectivity index (χ3n) is 4.97. The predicted octanol–water partition coefficient (Wildman–Crippen LogP) is 3.34. The van der Waals surface area contributed by atoms with Gasteiger partial charge in [-0.15, -0.1) is 35.3 Å². The highest BCUT2D eigenvalue weighted by Crippen LogP contribution is 2.24. The predicted molar refractivity (Wildman–Crippen MR) is 139 cm³/mol. The normalized spacial score (nSPS) is 21.2. The van der Waals surface area contributed by atoms with Gasteiger partial charge >= 0.3 is 0 Å². The Hall–Kier alpha value is -1.43. The lowest BCUT2D eigenvalue weighted by atomic mass is 10.1. The SMILES string of the molecule is CCNC(=NCc1ccc(N2CC(C)OC(C)C2)nc1)NCC(C)(O)c1cccs1.I. The summed E-state index contributed by atoms with van der Waals surface area (Å²) in [6.07, 6.45) is 2.30. The van der Waals surface area contributed by atoms with Crippen LogP contribution in [0, 0.1) is 0 Å². The Morgan fingerprint density at radius 1 is 1.29 bits per heavy atom. The molecule has 9 heteroatoms. The summed E-state index contributed by atoms with van der Waals surface area (Å²) in [5.74, 6) is 1.65. The number of anilines is 1. The smallest absolute Gasteiger partial charge is 0.191 e. The molecule has 3 atom stereocenters. The molecule has 0 saturated carbocycles. The zero-order valence-corrected chi connectivity index (χ0v) is 21.8. The Morgan fingerprint density at radius 2 is 2.03 bits per heavy atom. The summed E-state index contributed by atoms with van der Waals surface area (Å²) in [7, 11) is 0. The molecule has 3 N–H and O–H groups in total. The van der Waals surface area contributed by atoms with E-state index in [-0.39, 0.29) is 36.2 Å². The van der Waals surface area contributed by atoms with Gasteiger partial charge in [0.15, 0.2) is 5.96 Å². The molecule has 0 aliphatic carbocycles. The summed E-state index contributed by atoms with van der Waals surface area (Å²) in [5, 5.41) is 19.2. The van der Waals surface area contributed by atoms with E-state index in [0.29, 0.717) is 19.0 Å². The van der Waals surface area contributed by atoms with Crippen molar-refractivity contribution in [3.05, 3.63) is 46.3 Å². The van der Waals surface area contributed by atoms with Gasteiger partial charge in [0.1, 0.15) is 11.4 Å². The number of nitrogens with one attached hydrogen (secondary N) is 2. The van der Waals surface area contributed by atoms with Crippen LogP contribution in [0.25, 0.3) is 0 Å². The van der Waals surface area contributed by atoms with Crippen molar-refractivity contribution in [3.8, 4) is 0 Å². The van der Waals surface area contributed by atoms with E-state index in [9.17, 15) is 5.11 Å². The van der Waals surface area contributed by atoms with Crippen LogP contribution >= 0.6 is 35.3 Å². The molecular formula is C22H34IN5O2S. The van der Waals surface area contributed by atoms with Gasteiger partial charge < -0.3 is 25.4 Å². The van der Waals surface area contributed by atoms with Crippen molar-refractivity contribution in [2.24, 2.45) is 4.99 Å². The number of pyridine rings is 1. The quantitative estimate of drug-likeness (QED) is 0.275. The minimum Gasteiger partial charge on any atom is -0.383 e. The first-order valence-electron chi connectivity index (χ1n) is 10.5. The zero-order chi connectivity index (χ0) is 21.6. The van der Waals surface area contributed by atoms with Gasteiger partial charge in [-0.05, 0) is 50.8 Å². The summed E-state index contributed by atoms with van der Waals surface area (Å²) in [6.45, 7) is 11.4. The van der Waals surface area contributed by atoms with Crippen molar-refractivity contribution in [1.82, 2.24) is 15.6 Å². The summed E-state index contributed by atoms with van der Waals surface area (Å²) in [6, 6.07) is 8.02. The fraction of sp³-hybridized carbons (Fsp3) is 0.545. The van der Waals surface area contributed by atoms with Crippen molar-refractivity contribution in [2.75, 3.05) is 31.1 Å². The third kappa shape index (κ3) is 7.58. The van der Waals surface area contributed by atoms with Crippen molar-refractivity contribution >= 4 is 47.1 Å². The molecule has 1 saturated heterocycles. The fourth-order valence-corrected chi connectivity index (χ4v) is 4.29. The molecular weight excluding hydrogens is 525 g/mol. The maximum atomic E-state index is 10.7. The van der Waals surface area contributed by atoms with Gasteiger partial charge in [-0.3, -0.25) is 0 Å². The van der Waals surface area contributed by atoms with Crippen LogP contribution in [-0.4, -0.2) is 54.4 Å². The minimum absolute atomic E-state index is 0. The number of aliphatic hydroxyl groups is 1. The molecule has 2 aromatic heterocycles. The van der Waals surface area contributed by atoms with E-state index in [2.05, 4.69) is 51.5 Å². The van der Waals surface area contributed by atoms with Gasteiger partial charge in [-0.25, -0.2) is 9.98 Å².